The van der Waals surface area contributed by atoms with Gasteiger partial charge in [-0.3, -0.25) is 9.69 Å². The summed E-state index contributed by atoms with van der Waals surface area (Å²) in [6.45, 7) is 6.93. The average molecular weight is 278 g/mol. The number of likely N-dealkylation sites (tertiary alicyclic amines) is 1. The Morgan fingerprint density at radius 3 is 2.75 bits per heavy atom. The lowest BCUT2D eigenvalue weighted by Crippen LogP contribution is -2.41. The van der Waals surface area contributed by atoms with Gasteiger partial charge < -0.3 is 5.32 Å². The summed E-state index contributed by atoms with van der Waals surface area (Å²) in [7, 11) is 0. The van der Waals surface area contributed by atoms with E-state index >= 15 is 0 Å². The summed E-state index contributed by atoms with van der Waals surface area (Å²) in [5, 5.41) is 2.90. The number of carbonyl (C=O) groups is 1. The molecule has 0 radical (unpaired) electrons. The van der Waals surface area contributed by atoms with E-state index in [-0.39, 0.29) is 11.7 Å². The van der Waals surface area contributed by atoms with Crippen LogP contribution in [0.2, 0.25) is 0 Å². The minimum atomic E-state index is -0.206. The third kappa shape index (κ3) is 4.30. The number of hydrogen-bond acceptors (Lipinski definition) is 2. The molecule has 1 N–H and O–H groups in total. The van der Waals surface area contributed by atoms with Crippen molar-refractivity contribution in [2.75, 3.05) is 19.6 Å². The Morgan fingerprint density at radius 2 is 2.10 bits per heavy atom. The Morgan fingerprint density at radius 1 is 1.40 bits per heavy atom. The number of aryl methyl sites for hydroxylation is 1. The summed E-state index contributed by atoms with van der Waals surface area (Å²) in [5.41, 5.74) is 1.55. The molecular weight excluding hydrogens is 255 g/mol. The molecule has 4 heteroatoms. The Labute approximate surface area is 120 Å². The van der Waals surface area contributed by atoms with Crippen LogP contribution in [0, 0.1) is 18.7 Å². The van der Waals surface area contributed by atoms with Gasteiger partial charge in [0, 0.05) is 6.54 Å². The summed E-state index contributed by atoms with van der Waals surface area (Å²) in [4.78, 5) is 14.1. The third-order valence-corrected chi connectivity index (χ3v) is 3.96. The van der Waals surface area contributed by atoms with E-state index < -0.39 is 0 Å². The van der Waals surface area contributed by atoms with Crippen molar-refractivity contribution in [2.45, 2.75) is 33.2 Å². The van der Waals surface area contributed by atoms with E-state index in [0.29, 0.717) is 18.7 Å². The molecule has 1 heterocycles. The standard InChI is InChI=1S/C16H23FN2O/c1-12-5-7-19(8-6-12)11-16(20)18-10-14-3-4-15(17)13(2)9-14/h3-4,9,12H,5-8,10-11H2,1-2H3,(H,18,20). The van der Waals surface area contributed by atoms with Crippen LogP contribution in [0.25, 0.3) is 0 Å². The molecule has 1 aliphatic rings. The maximum absolute atomic E-state index is 13.1. The first-order chi connectivity index (χ1) is 9.54. The molecule has 1 fully saturated rings. The molecular formula is C16H23FN2O. The molecule has 0 bridgehead atoms. The van der Waals surface area contributed by atoms with Crippen molar-refractivity contribution in [1.29, 1.82) is 0 Å². The maximum atomic E-state index is 13.1. The van der Waals surface area contributed by atoms with E-state index in [1.54, 1.807) is 19.1 Å². The molecule has 1 aliphatic heterocycles. The zero-order valence-electron chi connectivity index (χ0n) is 12.3. The molecule has 0 spiro atoms. The lowest BCUT2D eigenvalue weighted by atomic mass is 9.99. The van der Waals surface area contributed by atoms with E-state index in [1.165, 1.54) is 18.9 Å². The van der Waals surface area contributed by atoms with Crippen LogP contribution in [0.5, 0.6) is 0 Å². The fourth-order valence-corrected chi connectivity index (χ4v) is 2.50. The summed E-state index contributed by atoms with van der Waals surface area (Å²) in [5.74, 6) is 0.612. The molecule has 0 saturated carbocycles. The number of carbonyl (C=O) groups excluding carboxylic acids is 1. The van der Waals surface area contributed by atoms with Gasteiger partial charge in [0.05, 0.1) is 6.54 Å². The Balaban J connectivity index is 1.76. The Bertz CT molecular complexity index is 468. The van der Waals surface area contributed by atoms with E-state index in [0.717, 1.165) is 24.6 Å². The summed E-state index contributed by atoms with van der Waals surface area (Å²) < 4.78 is 13.1. The van der Waals surface area contributed by atoms with Crippen molar-refractivity contribution in [2.24, 2.45) is 5.92 Å². The van der Waals surface area contributed by atoms with Crippen LogP contribution in [-0.2, 0) is 11.3 Å². The molecule has 20 heavy (non-hydrogen) atoms. The maximum Gasteiger partial charge on any atom is 0.234 e. The summed E-state index contributed by atoms with van der Waals surface area (Å²) in [6.07, 6.45) is 2.34. The Hall–Kier alpha value is -1.42. The van der Waals surface area contributed by atoms with Gasteiger partial charge in [-0.1, -0.05) is 19.1 Å². The number of halogens is 1. The monoisotopic (exact) mass is 278 g/mol. The molecule has 0 atom stereocenters. The number of nitrogens with zero attached hydrogens (tertiary/aromatic N) is 1. The molecule has 0 aromatic heterocycles. The number of amides is 1. The molecule has 3 nitrogen and oxygen atoms in total. The summed E-state index contributed by atoms with van der Waals surface area (Å²) in [6, 6.07) is 4.94. The predicted molar refractivity (Wildman–Crippen MR) is 77.8 cm³/mol. The SMILES string of the molecule is Cc1cc(CNC(=O)CN2CCC(C)CC2)ccc1F. The van der Waals surface area contributed by atoms with Gasteiger partial charge in [-0.05, 0) is 56.0 Å². The van der Waals surface area contributed by atoms with E-state index in [1.807, 2.05) is 0 Å². The van der Waals surface area contributed by atoms with Crippen LogP contribution in [0.1, 0.15) is 30.9 Å². The second kappa shape index (κ2) is 6.84. The molecule has 110 valence electrons. The second-order valence-corrected chi connectivity index (χ2v) is 5.82. The van der Waals surface area contributed by atoms with Gasteiger partial charge >= 0.3 is 0 Å². The van der Waals surface area contributed by atoms with E-state index in [4.69, 9.17) is 0 Å². The first kappa shape index (κ1) is 15.0. The van der Waals surface area contributed by atoms with Crippen LogP contribution >= 0.6 is 0 Å². The highest BCUT2D eigenvalue weighted by molar-refractivity contribution is 5.78. The predicted octanol–water partition coefficient (Wildman–Crippen LogP) is 2.48. The van der Waals surface area contributed by atoms with Gasteiger partial charge in [0.15, 0.2) is 0 Å². The van der Waals surface area contributed by atoms with Crippen molar-refractivity contribution in [3.05, 3.63) is 35.1 Å². The molecule has 1 amide bonds. The molecule has 1 aromatic rings. The zero-order chi connectivity index (χ0) is 14.5. The van der Waals surface area contributed by atoms with E-state index in [2.05, 4.69) is 17.1 Å². The number of nitrogens with one attached hydrogen (secondary N) is 1. The number of benzene rings is 1. The van der Waals surface area contributed by atoms with Gasteiger partial charge in [-0.15, -0.1) is 0 Å². The largest absolute Gasteiger partial charge is 0.351 e. The third-order valence-electron chi connectivity index (χ3n) is 3.96. The normalized spacial score (nSPS) is 17.1. The highest BCUT2D eigenvalue weighted by Gasteiger charge is 2.17. The Kier molecular flexibility index (Phi) is 5.12. The number of rotatable bonds is 4. The van der Waals surface area contributed by atoms with Crippen molar-refractivity contribution in [3.63, 3.8) is 0 Å². The van der Waals surface area contributed by atoms with Crippen LogP contribution in [0.4, 0.5) is 4.39 Å². The minimum Gasteiger partial charge on any atom is -0.351 e. The highest BCUT2D eigenvalue weighted by Crippen LogP contribution is 2.15. The van der Waals surface area contributed by atoms with Crippen molar-refractivity contribution in [3.8, 4) is 0 Å². The topological polar surface area (TPSA) is 32.3 Å². The van der Waals surface area contributed by atoms with Crippen LogP contribution in [0.15, 0.2) is 18.2 Å². The fourth-order valence-electron chi connectivity index (χ4n) is 2.50. The molecule has 2 rings (SSSR count). The molecule has 0 unspecified atom stereocenters. The van der Waals surface area contributed by atoms with E-state index in [9.17, 15) is 9.18 Å². The molecule has 1 aromatic carbocycles. The van der Waals surface area contributed by atoms with Gasteiger partial charge in [0.2, 0.25) is 5.91 Å². The summed E-state index contributed by atoms with van der Waals surface area (Å²) >= 11 is 0. The molecule has 0 aliphatic carbocycles. The highest BCUT2D eigenvalue weighted by atomic mass is 19.1. The van der Waals surface area contributed by atoms with Crippen LogP contribution in [0.3, 0.4) is 0 Å². The van der Waals surface area contributed by atoms with Crippen molar-refractivity contribution >= 4 is 5.91 Å². The van der Waals surface area contributed by atoms with Crippen LogP contribution in [-0.4, -0.2) is 30.4 Å². The minimum absolute atomic E-state index is 0.0431. The van der Waals surface area contributed by atoms with Gasteiger partial charge in [-0.2, -0.15) is 0 Å². The van der Waals surface area contributed by atoms with Crippen molar-refractivity contribution in [1.82, 2.24) is 10.2 Å². The van der Waals surface area contributed by atoms with Gasteiger partial charge in [0.25, 0.3) is 0 Å². The lowest BCUT2D eigenvalue weighted by Gasteiger charge is -2.29. The number of hydrogen-bond donors (Lipinski definition) is 1. The average Bonchev–Trinajstić information content (AvgIpc) is 2.43. The second-order valence-electron chi connectivity index (χ2n) is 5.82. The van der Waals surface area contributed by atoms with Crippen LogP contribution < -0.4 is 5.32 Å². The first-order valence-electron chi connectivity index (χ1n) is 7.28. The zero-order valence-corrected chi connectivity index (χ0v) is 12.3. The lowest BCUT2D eigenvalue weighted by molar-refractivity contribution is -0.122. The number of piperidine rings is 1. The van der Waals surface area contributed by atoms with Gasteiger partial charge in [-0.25, -0.2) is 4.39 Å². The fraction of sp³-hybridized carbons (Fsp3) is 0.562. The smallest absolute Gasteiger partial charge is 0.234 e. The van der Waals surface area contributed by atoms with Crippen molar-refractivity contribution < 1.29 is 9.18 Å². The molecule has 1 saturated heterocycles. The van der Waals surface area contributed by atoms with Gasteiger partial charge in [0.1, 0.15) is 5.82 Å². The quantitative estimate of drug-likeness (QED) is 0.917. The first-order valence-corrected chi connectivity index (χ1v) is 7.28.